The molecule has 4 atom stereocenters. The van der Waals surface area contributed by atoms with Gasteiger partial charge in [-0.05, 0) is 97.5 Å². The first-order valence-electron chi connectivity index (χ1n) is 17.7. The van der Waals surface area contributed by atoms with Crippen molar-refractivity contribution in [2.45, 2.75) is 53.6 Å². The van der Waals surface area contributed by atoms with Crippen molar-refractivity contribution in [1.82, 2.24) is 9.80 Å². The summed E-state index contributed by atoms with van der Waals surface area (Å²) in [4.78, 5) is 56.6. The molecule has 0 spiro atoms. The van der Waals surface area contributed by atoms with Gasteiger partial charge in [0.2, 0.25) is 11.8 Å². The topological polar surface area (TPSA) is 134 Å². The highest BCUT2D eigenvalue weighted by atomic mass is 16.5. The van der Waals surface area contributed by atoms with E-state index in [0.717, 1.165) is 22.3 Å². The zero-order chi connectivity index (χ0) is 37.4. The number of aliphatic carboxylic acids is 2. The number of carbonyl (C=O) groups is 4. The van der Waals surface area contributed by atoms with Crippen LogP contribution in [0.1, 0.15) is 48.9 Å². The lowest BCUT2D eigenvalue weighted by atomic mass is 9.55. The number of rotatable bonds is 16. The second-order valence-electron chi connectivity index (χ2n) is 13.4. The predicted octanol–water partition coefficient (Wildman–Crippen LogP) is 7.71. The number of hydrogen-bond donors (Lipinski definition) is 2. The average Bonchev–Trinajstić information content (AvgIpc) is 3.08. The van der Waals surface area contributed by atoms with E-state index in [0.29, 0.717) is 48.9 Å². The minimum absolute atomic E-state index is 0.161. The molecular weight excluding hydrogens is 660 g/mol. The molecule has 1 saturated carbocycles. The van der Waals surface area contributed by atoms with Crippen LogP contribution < -0.4 is 9.47 Å². The van der Waals surface area contributed by atoms with E-state index in [1.165, 1.54) is 9.80 Å². The van der Waals surface area contributed by atoms with Gasteiger partial charge in [0.25, 0.3) is 0 Å². The van der Waals surface area contributed by atoms with Crippen molar-refractivity contribution in [2.75, 3.05) is 13.1 Å². The summed E-state index contributed by atoms with van der Waals surface area (Å²) in [5, 5.41) is 20.4. The first-order chi connectivity index (χ1) is 25.0. The Bertz CT molecular complexity index is 1740. The highest BCUT2D eigenvalue weighted by Gasteiger charge is 2.64. The predicted molar refractivity (Wildman–Crippen MR) is 196 cm³/mol. The van der Waals surface area contributed by atoms with Crippen molar-refractivity contribution < 1.29 is 38.9 Å². The SMILES string of the molecule is CCCN(Cc1ccc(Oc2cccc(C)c2)cc1)C(=O)C1C(C(=O)O)C(C(=O)O)C1C(=O)N(CCC)Cc1ccc(Oc2cccc(C)c2)cc1. The summed E-state index contributed by atoms with van der Waals surface area (Å²) in [7, 11) is 0. The van der Waals surface area contributed by atoms with E-state index < -0.39 is 47.4 Å². The van der Waals surface area contributed by atoms with Crippen molar-refractivity contribution >= 4 is 23.8 Å². The third-order valence-electron chi connectivity index (χ3n) is 9.34. The molecule has 0 bridgehead atoms. The fourth-order valence-electron chi connectivity index (χ4n) is 6.87. The molecule has 5 rings (SSSR count). The van der Waals surface area contributed by atoms with Gasteiger partial charge in [0.15, 0.2) is 0 Å². The third kappa shape index (κ3) is 8.98. The van der Waals surface area contributed by atoms with Crippen LogP contribution in [0.3, 0.4) is 0 Å². The largest absolute Gasteiger partial charge is 0.481 e. The van der Waals surface area contributed by atoms with Gasteiger partial charge in [0, 0.05) is 26.2 Å². The Morgan fingerprint density at radius 3 is 1.21 bits per heavy atom. The summed E-state index contributed by atoms with van der Waals surface area (Å²) in [5.74, 6) is -7.00. The molecule has 52 heavy (non-hydrogen) atoms. The Kier molecular flexibility index (Phi) is 12.3. The normalized spacial score (nSPS) is 17.8. The zero-order valence-corrected chi connectivity index (χ0v) is 30.0. The Morgan fingerprint density at radius 2 is 0.904 bits per heavy atom. The summed E-state index contributed by atoms with van der Waals surface area (Å²) in [5.41, 5.74) is 3.70. The summed E-state index contributed by atoms with van der Waals surface area (Å²) in [6.07, 6.45) is 1.16. The van der Waals surface area contributed by atoms with Crippen LogP contribution in [0.2, 0.25) is 0 Å². The summed E-state index contributed by atoms with van der Waals surface area (Å²) in [6, 6.07) is 29.9. The van der Waals surface area contributed by atoms with E-state index in [1.54, 1.807) is 24.3 Å². The summed E-state index contributed by atoms with van der Waals surface area (Å²) < 4.78 is 11.9. The van der Waals surface area contributed by atoms with E-state index in [4.69, 9.17) is 9.47 Å². The molecule has 2 amide bonds. The first-order valence-corrected chi connectivity index (χ1v) is 17.7. The number of carboxylic acids is 2. The molecule has 0 aromatic heterocycles. The molecule has 0 radical (unpaired) electrons. The third-order valence-corrected chi connectivity index (χ3v) is 9.34. The minimum Gasteiger partial charge on any atom is -0.481 e. The minimum atomic E-state index is -1.54. The molecule has 2 N–H and O–H groups in total. The number of carboxylic acid groups (broad SMARTS) is 2. The fourth-order valence-corrected chi connectivity index (χ4v) is 6.87. The highest BCUT2D eigenvalue weighted by molar-refractivity contribution is 5.99. The Morgan fingerprint density at radius 1 is 0.538 bits per heavy atom. The molecular formula is C42H46N2O8. The number of aryl methyl sites for hydroxylation is 2. The molecule has 1 aliphatic rings. The molecule has 1 fully saturated rings. The molecule has 10 heteroatoms. The summed E-state index contributed by atoms with van der Waals surface area (Å²) >= 11 is 0. The van der Waals surface area contributed by atoms with Crippen molar-refractivity contribution in [2.24, 2.45) is 23.7 Å². The van der Waals surface area contributed by atoms with Gasteiger partial charge in [0.1, 0.15) is 23.0 Å². The van der Waals surface area contributed by atoms with Crippen LogP contribution in [0.25, 0.3) is 0 Å². The van der Waals surface area contributed by atoms with E-state index in [-0.39, 0.29) is 13.1 Å². The van der Waals surface area contributed by atoms with Crippen LogP contribution in [-0.2, 0) is 32.3 Å². The van der Waals surface area contributed by atoms with Gasteiger partial charge >= 0.3 is 11.9 Å². The zero-order valence-electron chi connectivity index (χ0n) is 30.0. The molecule has 0 saturated heterocycles. The van der Waals surface area contributed by atoms with Crippen LogP contribution in [0.5, 0.6) is 23.0 Å². The molecule has 4 unspecified atom stereocenters. The molecule has 272 valence electrons. The van der Waals surface area contributed by atoms with Crippen LogP contribution in [0.15, 0.2) is 97.1 Å². The summed E-state index contributed by atoms with van der Waals surface area (Å²) in [6.45, 7) is 8.69. The second kappa shape index (κ2) is 17.0. The lowest BCUT2D eigenvalue weighted by Gasteiger charge is -2.48. The van der Waals surface area contributed by atoms with Gasteiger partial charge in [-0.1, -0.05) is 62.4 Å². The van der Waals surface area contributed by atoms with E-state index in [1.807, 2.05) is 100 Å². The van der Waals surface area contributed by atoms with Gasteiger partial charge in [-0.2, -0.15) is 0 Å². The Labute approximate surface area is 304 Å². The smallest absolute Gasteiger partial charge is 0.308 e. The number of amides is 2. The van der Waals surface area contributed by atoms with Gasteiger partial charge < -0.3 is 29.5 Å². The number of benzene rings is 4. The molecule has 4 aromatic carbocycles. The standard InChI is InChI=1S/C42H46N2O8/c1-5-21-43(25-29-13-17-31(18-14-29)51-33-11-7-9-27(3)23-33)39(45)35-36(38(42(49)50)37(35)41(47)48)40(46)44(22-6-2)26-30-15-19-32(20-16-30)52-34-12-8-10-28(4)24-34/h7-20,23-24,35-38H,5-6,21-22,25-26H2,1-4H3,(H,47,48)(H,49,50). The first kappa shape index (κ1) is 37.6. The number of nitrogens with zero attached hydrogens (tertiary/aromatic N) is 2. The Hall–Kier alpha value is -5.64. The highest BCUT2D eigenvalue weighted by Crippen LogP contribution is 2.49. The number of carbonyl (C=O) groups excluding carboxylic acids is 2. The number of hydrogen-bond acceptors (Lipinski definition) is 6. The van der Waals surface area contributed by atoms with Gasteiger partial charge in [-0.15, -0.1) is 0 Å². The average molecular weight is 707 g/mol. The molecule has 0 aliphatic heterocycles. The van der Waals surface area contributed by atoms with E-state index >= 15 is 0 Å². The van der Waals surface area contributed by atoms with Crippen LogP contribution >= 0.6 is 0 Å². The molecule has 4 aromatic rings. The number of ether oxygens (including phenoxy) is 2. The van der Waals surface area contributed by atoms with Crippen molar-refractivity contribution in [1.29, 1.82) is 0 Å². The van der Waals surface area contributed by atoms with Crippen LogP contribution in [-0.4, -0.2) is 56.9 Å². The van der Waals surface area contributed by atoms with Gasteiger partial charge in [-0.25, -0.2) is 0 Å². The van der Waals surface area contributed by atoms with Crippen molar-refractivity contribution in [3.63, 3.8) is 0 Å². The van der Waals surface area contributed by atoms with Gasteiger partial charge in [-0.3, -0.25) is 19.2 Å². The quantitative estimate of drug-likeness (QED) is 0.121. The fraction of sp³-hybridized carbons (Fsp3) is 0.333. The molecule has 1 aliphatic carbocycles. The maximum Gasteiger partial charge on any atom is 0.308 e. The van der Waals surface area contributed by atoms with Crippen LogP contribution in [0, 0.1) is 37.5 Å². The molecule has 0 heterocycles. The maximum atomic E-state index is 14.3. The lowest BCUT2D eigenvalue weighted by Crippen LogP contribution is -2.64. The van der Waals surface area contributed by atoms with E-state index in [2.05, 4.69) is 0 Å². The second-order valence-corrected chi connectivity index (χ2v) is 13.4. The monoisotopic (exact) mass is 706 g/mol. The van der Waals surface area contributed by atoms with E-state index in [9.17, 15) is 29.4 Å². The Balaban J connectivity index is 1.34. The van der Waals surface area contributed by atoms with Crippen molar-refractivity contribution in [3.8, 4) is 23.0 Å². The molecule has 10 nitrogen and oxygen atoms in total. The van der Waals surface area contributed by atoms with Gasteiger partial charge in [0.05, 0.1) is 23.7 Å². The van der Waals surface area contributed by atoms with Crippen LogP contribution in [0.4, 0.5) is 0 Å². The van der Waals surface area contributed by atoms with Crippen molar-refractivity contribution in [3.05, 3.63) is 119 Å². The maximum absolute atomic E-state index is 14.3. The lowest BCUT2D eigenvalue weighted by molar-refractivity contribution is -0.187.